The largest absolute Gasteiger partial charge is 0.490 e. The Labute approximate surface area is 192 Å². The van der Waals surface area contributed by atoms with Gasteiger partial charge >= 0.3 is 6.09 Å². The van der Waals surface area contributed by atoms with Crippen LogP contribution < -0.4 is 10.1 Å². The molecule has 2 heterocycles. The highest BCUT2D eigenvalue weighted by Gasteiger charge is 2.21. The maximum atomic E-state index is 12.5. The topological polar surface area (TPSA) is 103 Å². The molecule has 32 heavy (non-hydrogen) atoms. The molecule has 9 nitrogen and oxygen atoms in total. The summed E-state index contributed by atoms with van der Waals surface area (Å²) in [5.41, 5.74) is 0.963. The lowest BCUT2D eigenvalue weighted by Gasteiger charge is -2.25. The molecule has 1 saturated heterocycles. The maximum absolute atomic E-state index is 12.5. The Morgan fingerprint density at radius 1 is 1.16 bits per heavy atom. The lowest BCUT2D eigenvalue weighted by atomic mass is 10.1. The number of carbonyl (C=O) groups excluding carboxylic acids is 2. The molecule has 2 aromatic rings. The molecule has 1 aromatic heterocycles. The van der Waals surface area contributed by atoms with Gasteiger partial charge in [-0.15, -0.1) is 0 Å². The van der Waals surface area contributed by atoms with Crippen molar-refractivity contribution in [2.75, 3.05) is 39.5 Å². The minimum Gasteiger partial charge on any atom is -0.490 e. The molecule has 1 fully saturated rings. The minimum atomic E-state index is -0.554. The molecular weight excluding hydrogens is 436 g/mol. The maximum Gasteiger partial charge on any atom is 0.407 e. The Kier molecular flexibility index (Phi) is 7.87. The van der Waals surface area contributed by atoms with Crippen molar-refractivity contribution in [2.24, 2.45) is 0 Å². The molecule has 1 N–H and O–H groups in total. The Bertz CT molecular complexity index is 940. The van der Waals surface area contributed by atoms with Crippen molar-refractivity contribution in [3.63, 3.8) is 0 Å². The van der Waals surface area contributed by atoms with Crippen molar-refractivity contribution in [3.8, 4) is 16.9 Å². The molecule has 3 rings (SSSR count). The number of alkyl carbamates (subject to hydrolysis) is 1. The van der Waals surface area contributed by atoms with Crippen molar-refractivity contribution in [1.29, 1.82) is 0 Å². The van der Waals surface area contributed by atoms with Crippen LogP contribution in [-0.2, 0) is 9.47 Å². The smallest absolute Gasteiger partial charge is 0.407 e. The highest BCUT2D eigenvalue weighted by molar-refractivity contribution is 6.32. The monoisotopic (exact) mass is 462 g/mol. The fraction of sp³-hybridized carbons (Fsp3) is 0.455. The fourth-order valence-corrected chi connectivity index (χ4v) is 3.16. The van der Waals surface area contributed by atoms with Gasteiger partial charge in [-0.05, 0) is 38.5 Å². The molecule has 2 amide bonds. The molecule has 1 aliphatic rings. The van der Waals surface area contributed by atoms with E-state index in [-0.39, 0.29) is 24.9 Å². The Balaban J connectivity index is 1.54. The molecule has 1 aromatic carbocycles. The van der Waals surface area contributed by atoms with Crippen molar-refractivity contribution in [3.05, 3.63) is 41.4 Å². The van der Waals surface area contributed by atoms with Crippen LogP contribution in [0.5, 0.6) is 5.75 Å². The van der Waals surface area contributed by atoms with Crippen LogP contribution in [0.2, 0.25) is 5.02 Å². The zero-order valence-electron chi connectivity index (χ0n) is 18.4. The third kappa shape index (κ3) is 6.80. The van der Waals surface area contributed by atoms with Crippen LogP contribution in [0.15, 0.2) is 30.6 Å². The molecule has 0 bridgehead atoms. The minimum absolute atomic E-state index is 0.152. The van der Waals surface area contributed by atoms with E-state index in [0.29, 0.717) is 37.1 Å². The molecule has 172 valence electrons. The third-order valence-corrected chi connectivity index (χ3v) is 4.73. The number of nitrogens with one attached hydrogen (secondary N) is 1. The lowest BCUT2D eigenvalue weighted by Crippen LogP contribution is -2.41. The van der Waals surface area contributed by atoms with Gasteiger partial charge < -0.3 is 24.4 Å². The normalized spacial score (nSPS) is 14.1. The van der Waals surface area contributed by atoms with E-state index in [4.69, 9.17) is 25.8 Å². The molecule has 0 radical (unpaired) electrons. The van der Waals surface area contributed by atoms with Gasteiger partial charge in [-0.1, -0.05) is 17.7 Å². The van der Waals surface area contributed by atoms with E-state index in [2.05, 4.69) is 15.3 Å². The molecule has 0 spiro atoms. The van der Waals surface area contributed by atoms with Crippen molar-refractivity contribution < 1.29 is 23.8 Å². The quantitative estimate of drug-likeness (QED) is 0.657. The average molecular weight is 463 g/mol. The highest BCUT2D eigenvalue weighted by atomic mass is 35.5. The Morgan fingerprint density at radius 3 is 2.47 bits per heavy atom. The second-order valence-electron chi connectivity index (χ2n) is 8.12. The molecule has 0 aliphatic carbocycles. The van der Waals surface area contributed by atoms with E-state index in [9.17, 15) is 9.59 Å². The zero-order valence-corrected chi connectivity index (χ0v) is 19.1. The van der Waals surface area contributed by atoms with Crippen molar-refractivity contribution >= 4 is 23.6 Å². The summed E-state index contributed by atoms with van der Waals surface area (Å²) in [5, 5.41) is 3.03. The summed E-state index contributed by atoms with van der Waals surface area (Å²) >= 11 is 6.34. The third-order valence-electron chi connectivity index (χ3n) is 4.43. The predicted octanol–water partition coefficient (Wildman–Crippen LogP) is 3.17. The number of hydrogen-bond donors (Lipinski definition) is 1. The number of ether oxygens (including phenoxy) is 3. The summed E-state index contributed by atoms with van der Waals surface area (Å²) < 4.78 is 16.1. The van der Waals surface area contributed by atoms with Crippen LogP contribution in [0.3, 0.4) is 0 Å². The van der Waals surface area contributed by atoms with Gasteiger partial charge in [-0.25, -0.2) is 14.8 Å². The number of morpholine rings is 1. The van der Waals surface area contributed by atoms with Crippen molar-refractivity contribution in [1.82, 2.24) is 20.2 Å². The SMILES string of the molecule is CC(C)(C)OC(=O)NCCOc1ccc(-c2cnc(C(=O)N3CCOCC3)nc2)cc1Cl. The van der Waals surface area contributed by atoms with E-state index in [1.165, 1.54) is 0 Å². The molecule has 10 heteroatoms. The van der Waals surface area contributed by atoms with Crippen LogP contribution in [-0.4, -0.2) is 71.9 Å². The molecule has 0 saturated carbocycles. The average Bonchev–Trinajstić information content (AvgIpc) is 2.76. The number of rotatable bonds is 6. The fourth-order valence-electron chi connectivity index (χ4n) is 2.92. The number of nitrogens with zero attached hydrogens (tertiary/aromatic N) is 3. The van der Waals surface area contributed by atoms with Gasteiger partial charge in [0.1, 0.15) is 18.0 Å². The second-order valence-corrected chi connectivity index (χ2v) is 8.53. The van der Waals surface area contributed by atoms with Gasteiger partial charge in [0, 0.05) is 31.0 Å². The summed E-state index contributed by atoms with van der Waals surface area (Å²) in [6.45, 7) is 8.02. The van der Waals surface area contributed by atoms with Crippen LogP contribution in [0.1, 0.15) is 31.4 Å². The Hall–Kier alpha value is -2.91. The van der Waals surface area contributed by atoms with E-state index in [1.54, 1.807) is 50.2 Å². The van der Waals surface area contributed by atoms with E-state index < -0.39 is 11.7 Å². The summed E-state index contributed by atoms with van der Waals surface area (Å²) in [4.78, 5) is 34.2. The highest BCUT2D eigenvalue weighted by Crippen LogP contribution is 2.30. The number of hydrogen-bond acceptors (Lipinski definition) is 7. The molecular formula is C22H27ClN4O5. The molecule has 0 unspecified atom stereocenters. The zero-order chi connectivity index (χ0) is 23.1. The number of aromatic nitrogens is 2. The van der Waals surface area contributed by atoms with Gasteiger partial charge in [0.25, 0.3) is 5.91 Å². The van der Waals surface area contributed by atoms with E-state index in [1.807, 2.05) is 6.07 Å². The van der Waals surface area contributed by atoms with Gasteiger partial charge in [-0.3, -0.25) is 4.79 Å². The van der Waals surface area contributed by atoms with E-state index >= 15 is 0 Å². The number of amides is 2. The van der Waals surface area contributed by atoms with Gasteiger partial charge in [-0.2, -0.15) is 0 Å². The van der Waals surface area contributed by atoms with Crippen LogP contribution in [0.25, 0.3) is 11.1 Å². The number of halogens is 1. The standard InChI is InChI=1S/C22H27ClN4O5/c1-22(2,3)32-21(29)24-6-9-31-18-5-4-15(12-17(18)23)16-13-25-19(26-14-16)20(28)27-7-10-30-11-8-27/h4-5,12-14H,6-11H2,1-3H3,(H,24,29). The summed E-state index contributed by atoms with van der Waals surface area (Å²) in [6, 6.07) is 5.29. The first-order valence-corrected chi connectivity index (χ1v) is 10.7. The molecule has 1 aliphatic heterocycles. The number of benzene rings is 1. The van der Waals surface area contributed by atoms with Gasteiger partial charge in [0.15, 0.2) is 0 Å². The lowest BCUT2D eigenvalue weighted by molar-refractivity contribution is 0.0294. The summed E-state index contributed by atoms with van der Waals surface area (Å²) in [5.74, 6) is 0.433. The van der Waals surface area contributed by atoms with E-state index in [0.717, 1.165) is 11.1 Å². The summed E-state index contributed by atoms with van der Waals surface area (Å²) in [7, 11) is 0. The first-order chi connectivity index (χ1) is 15.2. The van der Waals surface area contributed by atoms with Crippen LogP contribution in [0.4, 0.5) is 4.79 Å². The van der Waals surface area contributed by atoms with Crippen LogP contribution in [0, 0.1) is 0 Å². The predicted molar refractivity (Wildman–Crippen MR) is 119 cm³/mol. The van der Waals surface area contributed by atoms with Gasteiger partial charge in [0.05, 0.1) is 24.8 Å². The summed E-state index contributed by atoms with van der Waals surface area (Å²) in [6.07, 6.45) is 2.69. The number of carbonyl (C=O) groups is 2. The Morgan fingerprint density at radius 2 is 1.84 bits per heavy atom. The first-order valence-electron chi connectivity index (χ1n) is 10.3. The van der Waals surface area contributed by atoms with Gasteiger partial charge in [0.2, 0.25) is 5.82 Å². The first kappa shape index (κ1) is 23.7. The molecule has 0 atom stereocenters. The van der Waals surface area contributed by atoms with Crippen molar-refractivity contribution in [2.45, 2.75) is 26.4 Å². The second kappa shape index (κ2) is 10.6. The van der Waals surface area contributed by atoms with Crippen LogP contribution >= 0.6 is 11.6 Å².